The van der Waals surface area contributed by atoms with E-state index in [0.29, 0.717) is 28.8 Å². The number of ether oxygens (including phenoxy) is 1. The number of benzene rings is 3. The smallest absolute Gasteiger partial charge is 0.234 e. The molecule has 0 bridgehead atoms. The fourth-order valence-electron chi connectivity index (χ4n) is 3.24. The Balaban J connectivity index is 1.43. The second-order valence-corrected chi connectivity index (χ2v) is 8.49. The third kappa shape index (κ3) is 6.32. The predicted octanol–water partition coefficient (Wildman–Crippen LogP) is 4.84. The summed E-state index contributed by atoms with van der Waals surface area (Å²) in [4.78, 5) is 23.9. The van der Waals surface area contributed by atoms with Gasteiger partial charge in [0.05, 0.1) is 12.3 Å². The molecule has 0 fully saturated rings. The lowest BCUT2D eigenvalue weighted by Crippen LogP contribution is -2.15. The lowest BCUT2D eigenvalue weighted by Gasteiger charge is -2.11. The molecule has 1 aromatic heterocycles. The summed E-state index contributed by atoms with van der Waals surface area (Å²) in [5, 5.41) is 12.1. The molecule has 1 heterocycles. The van der Waals surface area contributed by atoms with Gasteiger partial charge in [-0.3, -0.25) is 14.2 Å². The molecule has 4 aromatic rings. The van der Waals surface area contributed by atoms with Crippen LogP contribution in [0, 0.1) is 0 Å². The quantitative estimate of drug-likeness (QED) is 0.263. The number of rotatable bonds is 10. The molecular weight excluding hydrogens is 448 g/mol. The van der Waals surface area contributed by atoms with Crippen molar-refractivity contribution in [1.82, 2.24) is 14.8 Å². The van der Waals surface area contributed by atoms with Crippen LogP contribution in [0.25, 0.3) is 0 Å². The zero-order valence-corrected chi connectivity index (χ0v) is 19.5. The zero-order valence-electron chi connectivity index (χ0n) is 18.7. The number of ketones is 1. The van der Waals surface area contributed by atoms with Crippen molar-refractivity contribution < 1.29 is 14.3 Å². The van der Waals surface area contributed by atoms with Gasteiger partial charge in [0.1, 0.15) is 12.4 Å². The van der Waals surface area contributed by atoms with Crippen LogP contribution in [-0.2, 0) is 17.9 Å². The van der Waals surface area contributed by atoms with Crippen molar-refractivity contribution in [1.29, 1.82) is 0 Å². The van der Waals surface area contributed by atoms with Crippen molar-refractivity contribution in [2.45, 2.75) is 25.2 Å². The maximum absolute atomic E-state index is 12.5. The molecule has 0 aliphatic rings. The van der Waals surface area contributed by atoms with E-state index in [1.165, 1.54) is 18.7 Å². The summed E-state index contributed by atoms with van der Waals surface area (Å²) in [6.07, 6.45) is 0. The van der Waals surface area contributed by atoms with Gasteiger partial charge in [-0.05, 0) is 48.9 Å². The van der Waals surface area contributed by atoms with Crippen molar-refractivity contribution in [3.63, 3.8) is 0 Å². The summed E-state index contributed by atoms with van der Waals surface area (Å²) in [5.74, 6) is 1.41. The Labute approximate surface area is 202 Å². The average Bonchev–Trinajstić information content (AvgIpc) is 3.24. The first-order valence-corrected chi connectivity index (χ1v) is 11.7. The first-order chi connectivity index (χ1) is 16.6. The highest BCUT2D eigenvalue weighted by molar-refractivity contribution is 7.99. The van der Waals surface area contributed by atoms with Crippen LogP contribution < -0.4 is 10.1 Å². The van der Waals surface area contributed by atoms with Gasteiger partial charge < -0.3 is 10.1 Å². The number of aromatic nitrogens is 3. The number of thioether (sulfide) groups is 1. The molecule has 4 rings (SSSR count). The minimum Gasteiger partial charge on any atom is -0.486 e. The molecule has 0 saturated carbocycles. The Morgan fingerprint density at radius 3 is 2.26 bits per heavy atom. The molecule has 0 aliphatic heterocycles. The van der Waals surface area contributed by atoms with E-state index in [-0.39, 0.29) is 24.1 Å². The molecule has 1 N–H and O–H groups in total. The number of nitrogens with one attached hydrogen (secondary N) is 1. The number of hydrogen-bond acceptors (Lipinski definition) is 6. The van der Waals surface area contributed by atoms with E-state index in [1.54, 1.807) is 24.3 Å². The summed E-state index contributed by atoms with van der Waals surface area (Å²) in [7, 11) is 0. The maximum atomic E-state index is 12.5. The summed E-state index contributed by atoms with van der Waals surface area (Å²) >= 11 is 1.31. The van der Waals surface area contributed by atoms with E-state index in [9.17, 15) is 9.59 Å². The Hall–Kier alpha value is -3.91. The minimum absolute atomic E-state index is 0.0155. The molecule has 8 heteroatoms. The van der Waals surface area contributed by atoms with E-state index >= 15 is 0 Å². The molecule has 34 heavy (non-hydrogen) atoms. The van der Waals surface area contributed by atoms with Crippen molar-refractivity contribution in [3.05, 3.63) is 102 Å². The topological polar surface area (TPSA) is 86.1 Å². The highest BCUT2D eigenvalue weighted by atomic mass is 32.2. The Kier molecular flexibility index (Phi) is 7.72. The van der Waals surface area contributed by atoms with E-state index in [2.05, 4.69) is 15.5 Å². The lowest BCUT2D eigenvalue weighted by atomic mass is 10.1. The number of carbonyl (C=O) groups excluding carboxylic acids is 2. The van der Waals surface area contributed by atoms with Gasteiger partial charge in [-0.1, -0.05) is 60.3 Å². The normalized spacial score (nSPS) is 10.6. The molecule has 7 nitrogen and oxygen atoms in total. The van der Waals surface area contributed by atoms with Gasteiger partial charge >= 0.3 is 0 Å². The monoisotopic (exact) mass is 472 g/mol. The first-order valence-electron chi connectivity index (χ1n) is 10.8. The second kappa shape index (κ2) is 11.3. The maximum Gasteiger partial charge on any atom is 0.234 e. The molecule has 0 spiro atoms. The van der Waals surface area contributed by atoms with Crippen molar-refractivity contribution in [2.75, 3.05) is 11.1 Å². The van der Waals surface area contributed by atoms with Crippen molar-refractivity contribution in [2.24, 2.45) is 0 Å². The number of carbonyl (C=O) groups is 2. The SMILES string of the molecule is CC(=O)c1ccc(NC(=O)CSc2nnc(COc3ccccc3)n2Cc2ccccc2)cc1. The van der Waals surface area contributed by atoms with Crippen molar-refractivity contribution in [3.8, 4) is 5.75 Å². The molecule has 0 unspecified atom stereocenters. The van der Waals surface area contributed by atoms with Gasteiger partial charge in [0, 0.05) is 11.3 Å². The van der Waals surface area contributed by atoms with Gasteiger partial charge in [0.2, 0.25) is 5.91 Å². The van der Waals surface area contributed by atoms with E-state index < -0.39 is 0 Å². The second-order valence-electron chi connectivity index (χ2n) is 7.54. The number of para-hydroxylation sites is 1. The van der Waals surface area contributed by atoms with Crippen LogP contribution in [0.2, 0.25) is 0 Å². The summed E-state index contributed by atoms with van der Waals surface area (Å²) < 4.78 is 7.85. The standard InChI is InChI=1S/C26H24N4O3S/c1-19(31)21-12-14-22(15-13-21)27-25(32)18-34-26-29-28-24(17-33-23-10-6-3-7-11-23)30(26)16-20-8-4-2-5-9-20/h2-15H,16-18H2,1H3,(H,27,32). The van der Waals surface area contributed by atoms with Crippen LogP contribution in [-0.4, -0.2) is 32.2 Å². The van der Waals surface area contributed by atoms with Gasteiger partial charge in [-0.15, -0.1) is 10.2 Å². The molecule has 0 saturated heterocycles. The Morgan fingerprint density at radius 2 is 1.59 bits per heavy atom. The van der Waals surface area contributed by atoms with E-state index in [0.717, 1.165) is 11.3 Å². The molecule has 1 amide bonds. The third-order valence-electron chi connectivity index (χ3n) is 5.00. The number of amides is 1. The van der Waals surface area contributed by atoms with Gasteiger partial charge in [0.25, 0.3) is 0 Å². The fourth-order valence-corrected chi connectivity index (χ4v) is 3.99. The fraction of sp³-hybridized carbons (Fsp3) is 0.154. The summed E-state index contributed by atoms with van der Waals surface area (Å²) in [5.41, 5.74) is 2.34. The number of Topliss-reactive ketones (excluding diaryl/α,β-unsaturated/α-hetero) is 1. The van der Waals surface area contributed by atoms with Gasteiger partial charge in [-0.2, -0.15) is 0 Å². The van der Waals surface area contributed by atoms with Crippen LogP contribution in [0.3, 0.4) is 0 Å². The van der Waals surface area contributed by atoms with Crippen LogP contribution in [0.4, 0.5) is 5.69 Å². The van der Waals surface area contributed by atoms with E-state index in [4.69, 9.17) is 4.74 Å². The first kappa shape index (κ1) is 23.3. The van der Waals surface area contributed by atoms with Gasteiger partial charge in [0.15, 0.2) is 16.8 Å². The highest BCUT2D eigenvalue weighted by Gasteiger charge is 2.16. The molecule has 0 aliphatic carbocycles. The zero-order chi connectivity index (χ0) is 23.8. The average molecular weight is 473 g/mol. The largest absolute Gasteiger partial charge is 0.486 e. The number of nitrogens with zero attached hydrogens (tertiary/aromatic N) is 3. The van der Waals surface area contributed by atoms with Gasteiger partial charge in [-0.25, -0.2) is 0 Å². The summed E-state index contributed by atoms with van der Waals surface area (Å²) in [6, 6.07) is 26.4. The lowest BCUT2D eigenvalue weighted by molar-refractivity contribution is -0.113. The molecule has 3 aromatic carbocycles. The molecule has 0 radical (unpaired) electrons. The van der Waals surface area contributed by atoms with Crippen LogP contribution in [0.1, 0.15) is 28.7 Å². The van der Waals surface area contributed by atoms with Crippen LogP contribution in [0.15, 0.2) is 90.1 Å². The third-order valence-corrected chi connectivity index (χ3v) is 5.96. The Morgan fingerprint density at radius 1 is 0.912 bits per heavy atom. The summed E-state index contributed by atoms with van der Waals surface area (Å²) in [6.45, 7) is 2.34. The molecular formula is C26H24N4O3S. The van der Waals surface area contributed by atoms with E-state index in [1.807, 2.05) is 65.2 Å². The van der Waals surface area contributed by atoms with Crippen LogP contribution in [0.5, 0.6) is 5.75 Å². The predicted molar refractivity (Wildman–Crippen MR) is 132 cm³/mol. The number of anilines is 1. The van der Waals surface area contributed by atoms with Crippen LogP contribution >= 0.6 is 11.8 Å². The molecule has 172 valence electrons. The molecule has 0 atom stereocenters. The minimum atomic E-state index is -0.170. The van der Waals surface area contributed by atoms with Crippen molar-refractivity contribution >= 4 is 29.1 Å². The Bertz CT molecular complexity index is 1240. The number of hydrogen-bond donors (Lipinski definition) is 1. The highest BCUT2D eigenvalue weighted by Crippen LogP contribution is 2.21.